The van der Waals surface area contributed by atoms with Crippen LogP contribution in [-0.2, 0) is 19.1 Å². The van der Waals surface area contributed by atoms with Crippen LogP contribution in [0.2, 0.25) is 0 Å². The van der Waals surface area contributed by atoms with Crippen molar-refractivity contribution in [2.24, 2.45) is 0 Å². The van der Waals surface area contributed by atoms with Crippen molar-refractivity contribution in [1.29, 1.82) is 0 Å². The number of esters is 2. The fourth-order valence-electron chi connectivity index (χ4n) is 2.33. The van der Waals surface area contributed by atoms with Crippen LogP contribution in [0.3, 0.4) is 0 Å². The Balaban J connectivity index is 1.63. The second kappa shape index (κ2) is 13.5. The van der Waals surface area contributed by atoms with E-state index in [9.17, 15) is 9.59 Å². The SMILES string of the molecule is C=CC(=O)OCC1=C(C)SC(CSC(C)SCC2SC(C)=C(COC(=O)C=C)S2)S1. The zero-order chi connectivity index (χ0) is 22.1. The zero-order valence-electron chi connectivity index (χ0n) is 17.2. The molecule has 2 unspecified atom stereocenters. The van der Waals surface area contributed by atoms with Gasteiger partial charge in [-0.05, 0) is 30.6 Å². The number of carbonyl (C=O) groups is 2. The lowest BCUT2D eigenvalue weighted by molar-refractivity contribution is -0.137. The van der Waals surface area contributed by atoms with Crippen molar-refractivity contribution in [2.75, 3.05) is 24.7 Å². The van der Waals surface area contributed by atoms with Gasteiger partial charge in [0, 0.05) is 38.0 Å². The van der Waals surface area contributed by atoms with Crippen LogP contribution in [-0.4, -0.2) is 50.4 Å². The summed E-state index contributed by atoms with van der Waals surface area (Å²) in [5, 5.41) is 0. The molecule has 0 bridgehead atoms. The van der Waals surface area contributed by atoms with E-state index in [0.717, 1.165) is 21.3 Å². The van der Waals surface area contributed by atoms with Gasteiger partial charge in [-0.1, -0.05) is 13.2 Å². The maximum absolute atomic E-state index is 11.3. The molecule has 0 spiro atoms. The highest BCUT2D eigenvalue weighted by atomic mass is 32.2. The Morgan fingerprint density at radius 2 is 1.30 bits per heavy atom. The first kappa shape index (κ1) is 26.3. The minimum Gasteiger partial charge on any atom is -0.457 e. The second-order valence-corrected chi connectivity index (χ2v) is 15.2. The van der Waals surface area contributed by atoms with Gasteiger partial charge in [0.2, 0.25) is 0 Å². The molecule has 4 nitrogen and oxygen atoms in total. The molecule has 0 aromatic rings. The van der Waals surface area contributed by atoms with Gasteiger partial charge >= 0.3 is 11.9 Å². The standard InChI is InChI=1S/C20H26O4S6/c1-6-17(21)23-8-15-12(3)27-19(29-15)10-25-14(5)26-11-20-28-13(4)16(30-20)9-24-18(22)7-2/h6-7,14,19-20H,1-2,8-11H2,3-5H3. The van der Waals surface area contributed by atoms with Crippen molar-refractivity contribution in [2.45, 2.75) is 34.5 Å². The van der Waals surface area contributed by atoms with Crippen LogP contribution in [0.15, 0.2) is 44.9 Å². The van der Waals surface area contributed by atoms with Crippen molar-refractivity contribution < 1.29 is 19.1 Å². The van der Waals surface area contributed by atoms with E-state index in [-0.39, 0.29) is 11.9 Å². The maximum Gasteiger partial charge on any atom is 0.330 e. The fourth-order valence-corrected chi connectivity index (χ4v) is 11.0. The Hall–Kier alpha value is -0.000000000000000222. The fraction of sp³-hybridized carbons (Fsp3) is 0.500. The van der Waals surface area contributed by atoms with Crippen molar-refractivity contribution in [3.63, 3.8) is 0 Å². The molecule has 2 rings (SSSR count). The van der Waals surface area contributed by atoms with Crippen LogP contribution >= 0.6 is 70.6 Å². The van der Waals surface area contributed by atoms with E-state index >= 15 is 0 Å². The molecule has 0 saturated heterocycles. The molecular formula is C20H26O4S6. The summed E-state index contributed by atoms with van der Waals surface area (Å²) in [4.78, 5) is 27.3. The van der Waals surface area contributed by atoms with Gasteiger partial charge in [0.1, 0.15) is 13.2 Å². The number of carbonyl (C=O) groups excluding carboxylic acids is 2. The third-order valence-corrected chi connectivity index (χ3v) is 13.3. The highest BCUT2D eigenvalue weighted by Gasteiger charge is 2.27. The monoisotopic (exact) mass is 522 g/mol. The third-order valence-electron chi connectivity index (χ3n) is 3.91. The first-order valence-electron chi connectivity index (χ1n) is 9.20. The lowest BCUT2D eigenvalue weighted by atomic mass is 10.5. The van der Waals surface area contributed by atoms with Crippen LogP contribution in [0.25, 0.3) is 0 Å². The molecule has 2 aliphatic rings. The third kappa shape index (κ3) is 8.86. The molecule has 2 aliphatic heterocycles. The smallest absolute Gasteiger partial charge is 0.330 e. The molecule has 30 heavy (non-hydrogen) atoms. The Bertz CT molecular complexity index is 673. The van der Waals surface area contributed by atoms with E-state index in [1.807, 2.05) is 47.0 Å². The van der Waals surface area contributed by atoms with E-state index in [2.05, 4.69) is 33.9 Å². The number of allylic oxidation sites excluding steroid dienone is 2. The Kier molecular flexibility index (Phi) is 11.8. The van der Waals surface area contributed by atoms with Crippen molar-refractivity contribution in [1.82, 2.24) is 0 Å². The number of hydrogen-bond donors (Lipinski definition) is 0. The minimum atomic E-state index is -0.377. The maximum atomic E-state index is 11.3. The second-order valence-electron chi connectivity index (χ2n) is 6.15. The number of ether oxygens (including phenoxy) is 2. The van der Waals surface area contributed by atoms with Gasteiger partial charge in [-0.15, -0.1) is 70.6 Å². The lowest BCUT2D eigenvalue weighted by Crippen LogP contribution is -2.06. The molecule has 0 fully saturated rings. The molecule has 2 heterocycles. The largest absolute Gasteiger partial charge is 0.457 e. The summed E-state index contributed by atoms with van der Waals surface area (Å²) in [7, 11) is 0. The van der Waals surface area contributed by atoms with E-state index in [0.29, 0.717) is 27.0 Å². The minimum absolute atomic E-state index is 0.340. The molecule has 0 saturated carbocycles. The van der Waals surface area contributed by atoms with Crippen LogP contribution in [0, 0.1) is 0 Å². The van der Waals surface area contributed by atoms with Crippen molar-refractivity contribution in [3.8, 4) is 0 Å². The molecule has 0 N–H and O–H groups in total. The Labute approximate surface area is 204 Å². The number of hydrogen-bond acceptors (Lipinski definition) is 10. The van der Waals surface area contributed by atoms with Crippen LogP contribution < -0.4 is 0 Å². The summed E-state index contributed by atoms with van der Waals surface area (Å²) in [5.41, 5.74) is 0. The van der Waals surface area contributed by atoms with Crippen LogP contribution in [0.4, 0.5) is 0 Å². The predicted molar refractivity (Wildman–Crippen MR) is 140 cm³/mol. The highest BCUT2D eigenvalue weighted by Crippen LogP contribution is 2.49. The van der Waals surface area contributed by atoms with Gasteiger partial charge < -0.3 is 9.47 Å². The lowest BCUT2D eigenvalue weighted by Gasteiger charge is -2.16. The van der Waals surface area contributed by atoms with Gasteiger partial charge in [-0.25, -0.2) is 9.59 Å². The molecule has 10 heteroatoms. The van der Waals surface area contributed by atoms with Crippen LogP contribution in [0.5, 0.6) is 0 Å². The summed E-state index contributed by atoms with van der Waals surface area (Å²) in [6.07, 6.45) is 2.40. The van der Waals surface area contributed by atoms with E-state index in [1.165, 1.54) is 22.0 Å². The van der Waals surface area contributed by atoms with Crippen molar-refractivity contribution in [3.05, 3.63) is 44.9 Å². The summed E-state index contributed by atoms with van der Waals surface area (Å²) >= 11 is 11.3. The average Bonchev–Trinajstić information content (AvgIpc) is 3.28. The molecule has 0 aliphatic carbocycles. The van der Waals surface area contributed by atoms with Crippen molar-refractivity contribution >= 4 is 82.5 Å². The van der Waals surface area contributed by atoms with E-state index < -0.39 is 0 Å². The number of rotatable bonds is 12. The molecule has 166 valence electrons. The molecule has 0 aromatic carbocycles. The van der Waals surface area contributed by atoms with E-state index in [4.69, 9.17) is 9.47 Å². The predicted octanol–water partition coefficient (Wildman–Crippen LogP) is 6.33. The van der Waals surface area contributed by atoms with E-state index in [1.54, 1.807) is 23.5 Å². The van der Waals surface area contributed by atoms with Crippen LogP contribution in [0.1, 0.15) is 20.8 Å². The summed E-state index contributed by atoms with van der Waals surface area (Å²) in [6.45, 7) is 14.0. The van der Waals surface area contributed by atoms with Gasteiger partial charge in [0.15, 0.2) is 0 Å². The first-order chi connectivity index (χ1) is 14.3. The summed E-state index contributed by atoms with van der Waals surface area (Å²) in [5.74, 6) is 1.34. The first-order valence-corrected chi connectivity index (χ1v) is 14.8. The topological polar surface area (TPSA) is 52.6 Å². The van der Waals surface area contributed by atoms with Gasteiger partial charge in [-0.3, -0.25) is 0 Å². The molecule has 0 amide bonds. The molecule has 0 radical (unpaired) electrons. The van der Waals surface area contributed by atoms with Gasteiger partial charge in [0.25, 0.3) is 0 Å². The highest BCUT2D eigenvalue weighted by molar-refractivity contribution is 8.26. The molecule has 0 aromatic heterocycles. The van der Waals surface area contributed by atoms with Gasteiger partial charge in [-0.2, -0.15) is 0 Å². The van der Waals surface area contributed by atoms with Gasteiger partial charge in [0.05, 0.1) is 9.16 Å². The summed E-state index contributed by atoms with van der Waals surface area (Å²) in [6, 6.07) is 0. The normalized spacial score (nSPS) is 22.2. The zero-order valence-corrected chi connectivity index (χ0v) is 22.1. The Morgan fingerprint density at radius 1 is 0.900 bits per heavy atom. The molecule has 2 atom stereocenters. The average molecular weight is 523 g/mol. The molecular weight excluding hydrogens is 497 g/mol. The summed E-state index contributed by atoms with van der Waals surface area (Å²) < 4.78 is 11.8. The number of thioether (sulfide) groups is 6. The Morgan fingerprint density at radius 3 is 1.67 bits per heavy atom. The quantitative estimate of drug-likeness (QED) is 0.165.